The SMILES string of the molecule is COC(=O)CC(C(C(=O)OC)C(=O)OC)N1C(=O)O[C@H](c2ccccc2)[C@@H]1c1ccccc1. The van der Waals surface area contributed by atoms with Gasteiger partial charge in [-0.25, -0.2) is 4.79 Å². The van der Waals surface area contributed by atoms with Crippen LogP contribution in [0.4, 0.5) is 4.79 Å². The van der Waals surface area contributed by atoms with Crippen molar-refractivity contribution in [3.05, 3.63) is 71.8 Å². The van der Waals surface area contributed by atoms with E-state index in [2.05, 4.69) is 0 Å². The summed E-state index contributed by atoms with van der Waals surface area (Å²) in [5, 5.41) is 0. The summed E-state index contributed by atoms with van der Waals surface area (Å²) in [4.78, 5) is 52.0. The Labute approximate surface area is 191 Å². The van der Waals surface area contributed by atoms with Gasteiger partial charge in [0.25, 0.3) is 0 Å². The largest absolute Gasteiger partial charge is 0.469 e. The van der Waals surface area contributed by atoms with E-state index in [-0.39, 0.29) is 0 Å². The van der Waals surface area contributed by atoms with Gasteiger partial charge in [-0.2, -0.15) is 0 Å². The molecule has 1 unspecified atom stereocenters. The van der Waals surface area contributed by atoms with Gasteiger partial charge in [0.1, 0.15) is 6.04 Å². The fraction of sp³-hybridized carbons (Fsp3) is 0.333. The lowest BCUT2D eigenvalue weighted by molar-refractivity contribution is -0.162. The fourth-order valence-corrected chi connectivity index (χ4v) is 4.01. The Balaban J connectivity index is 2.16. The van der Waals surface area contributed by atoms with E-state index in [9.17, 15) is 19.2 Å². The van der Waals surface area contributed by atoms with Crippen molar-refractivity contribution in [1.82, 2.24) is 4.90 Å². The number of methoxy groups -OCH3 is 3. The van der Waals surface area contributed by atoms with Gasteiger partial charge in [0.2, 0.25) is 0 Å². The van der Waals surface area contributed by atoms with Crippen LogP contribution < -0.4 is 0 Å². The molecular weight excluding hydrogens is 430 g/mol. The number of nitrogens with zero attached hydrogens (tertiary/aromatic N) is 1. The first-order chi connectivity index (χ1) is 15.9. The van der Waals surface area contributed by atoms with Crippen LogP contribution in [-0.4, -0.2) is 56.3 Å². The second kappa shape index (κ2) is 10.6. The molecule has 0 radical (unpaired) electrons. The number of benzene rings is 2. The first kappa shape index (κ1) is 23.8. The predicted molar refractivity (Wildman–Crippen MR) is 115 cm³/mol. The minimum atomic E-state index is -1.59. The van der Waals surface area contributed by atoms with E-state index in [1.54, 1.807) is 24.3 Å². The second-order valence-corrected chi connectivity index (χ2v) is 7.35. The lowest BCUT2D eigenvalue weighted by Crippen LogP contribution is -2.50. The van der Waals surface area contributed by atoms with Gasteiger partial charge in [0.05, 0.1) is 33.8 Å². The summed E-state index contributed by atoms with van der Waals surface area (Å²) in [6, 6.07) is 16.1. The summed E-state index contributed by atoms with van der Waals surface area (Å²) in [5.41, 5.74) is 1.41. The number of carbonyl (C=O) groups excluding carboxylic acids is 4. The highest BCUT2D eigenvalue weighted by Gasteiger charge is 2.52. The fourth-order valence-electron chi connectivity index (χ4n) is 4.01. The van der Waals surface area contributed by atoms with E-state index in [1.165, 1.54) is 12.0 Å². The van der Waals surface area contributed by atoms with Crippen LogP contribution in [0.2, 0.25) is 0 Å². The molecule has 3 atom stereocenters. The molecule has 1 heterocycles. The monoisotopic (exact) mass is 455 g/mol. The molecule has 33 heavy (non-hydrogen) atoms. The molecule has 1 saturated heterocycles. The third-order valence-electron chi connectivity index (χ3n) is 5.55. The Morgan fingerprint density at radius 2 is 1.36 bits per heavy atom. The van der Waals surface area contributed by atoms with Gasteiger partial charge >= 0.3 is 24.0 Å². The topological polar surface area (TPSA) is 108 Å². The Morgan fingerprint density at radius 1 is 0.848 bits per heavy atom. The van der Waals surface area contributed by atoms with Crippen LogP contribution >= 0.6 is 0 Å². The lowest BCUT2D eigenvalue weighted by atomic mass is 9.89. The molecular formula is C24H25NO8. The first-order valence-electron chi connectivity index (χ1n) is 10.2. The smallest absolute Gasteiger partial charge is 0.411 e. The standard InChI is InChI=1S/C24H25NO8/c1-30-18(26)14-17(19(22(27)31-2)23(28)32-3)25-20(15-10-6-4-7-11-15)21(33-24(25)29)16-12-8-5-9-13-16/h4-13,17,19-21H,14H2,1-3H3/t17?,20-,21+/m0/s1. The number of ether oxygens (including phenoxy) is 4. The Morgan fingerprint density at radius 3 is 1.85 bits per heavy atom. The number of hydrogen-bond donors (Lipinski definition) is 0. The first-order valence-corrected chi connectivity index (χ1v) is 10.2. The molecule has 9 nitrogen and oxygen atoms in total. The average Bonchev–Trinajstić information content (AvgIpc) is 3.20. The van der Waals surface area contributed by atoms with Gasteiger partial charge in [-0.1, -0.05) is 60.7 Å². The lowest BCUT2D eigenvalue weighted by Gasteiger charge is -2.34. The molecule has 1 amide bonds. The number of carbonyl (C=O) groups is 4. The van der Waals surface area contributed by atoms with Crippen LogP contribution in [0.3, 0.4) is 0 Å². The molecule has 174 valence electrons. The van der Waals surface area contributed by atoms with Crippen molar-refractivity contribution in [3.63, 3.8) is 0 Å². The maximum atomic E-state index is 13.2. The molecule has 0 aliphatic carbocycles. The molecule has 2 aromatic carbocycles. The Bertz CT molecular complexity index is 978. The van der Waals surface area contributed by atoms with Gasteiger partial charge in [0, 0.05) is 0 Å². The normalized spacial score (nSPS) is 18.4. The van der Waals surface area contributed by atoms with Crippen LogP contribution in [0, 0.1) is 5.92 Å². The molecule has 0 N–H and O–H groups in total. The van der Waals surface area contributed by atoms with Crippen molar-refractivity contribution >= 4 is 24.0 Å². The number of cyclic esters (lactones) is 1. The highest BCUT2D eigenvalue weighted by molar-refractivity contribution is 5.97. The summed E-state index contributed by atoms with van der Waals surface area (Å²) < 4.78 is 20.1. The zero-order valence-electron chi connectivity index (χ0n) is 18.5. The average molecular weight is 455 g/mol. The summed E-state index contributed by atoms with van der Waals surface area (Å²) >= 11 is 0. The highest BCUT2D eigenvalue weighted by atomic mass is 16.6. The van der Waals surface area contributed by atoms with Crippen LogP contribution in [0.25, 0.3) is 0 Å². The van der Waals surface area contributed by atoms with Gasteiger partial charge in [0.15, 0.2) is 12.0 Å². The third-order valence-corrected chi connectivity index (χ3v) is 5.55. The van der Waals surface area contributed by atoms with E-state index in [4.69, 9.17) is 18.9 Å². The molecule has 0 spiro atoms. The van der Waals surface area contributed by atoms with Crippen molar-refractivity contribution in [1.29, 1.82) is 0 Å². The van der Waals surface area contributed by atoms with Crippen LogP contribution in [0.15, 0.2) is 60.7 Å². The minimum absolute atomic E-state index is 0.453. The number of amides is 1. The van der Waals surface area contributed by atoms with Gasteiger partial charge in [-0.05, 0) is 11.1 Å². The summed E-state index contributed by atoms with van der Waals surface area (Å²) in [5.74, 6) is -4.20. The summed E-state index contributed by atoms with van der Waals surface area (Å²) in [6.07, 6.45) is -1.99. The molecule has 1 aliphatic rings. The van der Waals surface area contributed by atoms with Gasteiger partial charge < -0.3 is 18.9 Å². The summed E-state index contributed by atoms with van der Waals surface area (Å²) in [7, 11) is 3.39. The molecule has 0 bridgehead atoms. The van der Waals surface area contributed by atoms with Crippen molar-refractivity contribution < 1.29 is 38.1 Å². The van der Waals surface area contributed by atoms with E-state index in [0.29, 0.717) is 11.1 Å². The van der Waals surface area contributed by atoms with Gasteiger partial charge in [-0.15, -0.1) is 0 Å². The van der Waals surface area contributed by atoms with Crippen molar-refractivity contribution in [2.24, 2.45) is 5.92 Å². The minimum Gasteiger partial charge on any atom is -0.469 e. The number of esters is 3. The zero-order chi connectivity index (χ0) is 24.0. The molecule has 2 aromatic rings. The van der Waals surface area contributed by atoms with E-state index >= 15 is 0 Å². The Hall–Kier alpha value is -3.88. The molecule has 3 rings (SSSR count). The van der Waals surface area contributed by atoms with Crippen LogP contribution in [0.1, 0.15) is 29.7 Å². The number of hydrogen-bond acceptors (Lipinski definition) is 8. The maximum absolute atomic E-state index is 13.2. The van der Waals surface area contributed by atoms with Crippen molar-refractivity contribution in [3.8, 4) is 0 Å². The zero-order valence-corrected chi connectivity index (χ0v) is 18.5. The van der Waals surface area contributed by atoms with Crippen molar-refractivity contribution in [2.75, 3.05) is 21.3 Å². The molecule has 0 saturated carbocycles. The molecule has 9 heteroatoms. The highest BCUT2D eigenvalue weighted by Crippen LogP contribution is 2.45. The van der Waals surface area contributed by atoms with Gasteiger partial charge in [-0.3, -0.25) is 19.3 Å². The quantitative estimate of drug-likeness (QED) is 0.340. The summed E-state index contributed by atoms with van der Waals surface area (Å²) in [6.45, 7) is 0. The van der Waals surface area contributed by atoms with E-state index in [0.717, 1.165) is 14.2 Å². The maximum Gasteiger partial charge on any atom is 0.411 e. The molecule has 1 aliphatic heterocycles. The third kappa shape index (κ3) is 4.97. The molecule has 0 aromatic heterocycles. The molecule has 1 fully saturated rings. The second-order valence-electron chi connectivity index (χ2n) is 7.35. The Kier molecular flexibility index (Phi) is 7.66. The van der Waals surface area contributed by atoms with E-state index < -0.39 is 54.5 Å². The van der Waals surface area contributed by atoms with E-state index in [1.807, 2.05) is 36.4 Å². The predicted octanol–water partition coefficient (Wildman–Crippen LogP) is 2.82. The number of rotatable bonds is 8. The van der Waals surface area contributed by atoms with Crippen LogP contribution in [-0.2, 0) is 33.3 Å². The van der Waals surface area contributed by atoms with Crippen LogP contribution in [0.5, 0.6) is 0 Å². The van der Waals surface area contributed by atoms with Crippen molar-refractivity contribution in [2.45, 2.75) is 24.6 Å².